The normalized spacial score (nSPS) is 9.88. The maximum atomic E-state index is 11.8. The molecule has 2 amide bonds. The number of benzene rings is 2. The van der Waals surface area contributed by atoms with Crippen LogP contribution in [0, 0.1) is 10.1 Å². The summed E-state index contributed by atoms with van der Waals surface area (Å²) in [7, 11) is 1.56. The van der Waals surface area contributed by atoms with Gasteiger partial charge in [-0.25, -0.2) is 0 Å². The van der Waals surface area contributed by atoms with E-state index >= 15 is 0 Å². The van der Waals surface area contributed by atoms with Gasteiger partial charge in [-0.2, -0.15) is 0 Å². The largest absolute Gasteiger partial charge is 0.497 e. The van der Waals surface area contributed by atoms with Gasteiger partial charge in [-0.15, -0.1) is 0 Å². The minimum absolute atomic E-state index is 0.108. The van der Waals surface area contributed by atoms with E-state index in [1.807, 2.05) is 0 Å². The molecule has 0 atom stereocenters. The Morgan fingerprint density at radius 2 is 1.62 bits per heavy atom. The number of nitrogens with zero attached hydrogens (tertiary/aromatic N) is 1. The Labute approximate surface area is 149 Å². The van der Waals surface area contributed by atoms with Crippen molar-refractivity contribution in [2.75, 3.05) is 25.6 Å². The van der Waals surface area contributed by atoms with Crippen molar-refractivity contribution < 1.29 is 24.0 Å². The number of nitrogens with one attached hydrogen (secondary N) is 2. The number of nitro benzene ring substituents is 1. The number of hydrogen-bond acceptors (Lipinski definition) is 6. The van der Waals surface area contributed by atoms with Crippen molar-refractivity contribution >= 4 is 23.2 Å². The summed E-state index contributed by atoms with van der Waals surface area (Å²) < 4.78 is 10.5. The van der Waals surface area contributed by atoms with E-state index in [0.717, 1.165) is 0 Å². The fourth-order valence-corrected chi connectivity index (χ4v) is 1.94. The highest BCUT2D eigenvalue weighted by atomic mass is 16.6. The molecule has 2 N–H and O–H groups in total. The maximum Gasteiger partial charge on any atom is 0.313 e. The predicted molar refractivity (Wildman–Crippen MR) is 93.2 cm³/mol. The summed E-state index contributed by atoms with van der Waals surface area (Å²) in [6.07, 6.45) is 0. The molecule has 0 saturated carbocycles. The Morgan fingerprint density at radius 3 is 2.19 bits per heavy atom. The molecule has 0 bridgehead atoms. The van der Waals surface area contributed by atoms with Gasteiger partial charge in [0.1, 0.15) is 18.1 Å². The Kier molecular flexibility index (Phi) is 6.49. The molecule has 2 aromatic carbocycles. The molecule has 136 valence electrons. The van der Waals surface area contributed by atoms with Crippen molar-refractivity contribution in [2.24, 2.45) is 0 Å². The number of hydrogen-bond donors (Lipinski definition) is 2. The van der Waals surface area contributed by atoms with Crippen LogP contribution in [0.15, 0.2) is 48.5 Å². The van der Waals surface area contributed by atoms with Crippen LogP contribution in [-0.4, -0.2) is 37.0 Å². The molecule has 0 radical (unpaired) electrons. The highest BCUT2D eigenvalue weighted by Gasteiger charge is 2.14. The molecule has 9 heteroatoms. The summed E-state index contributed by atoms with van der Waals surface area (Å²) in [6, 6.07) is 12.1. The lowest BCUT2D eigenvalue weighted by molar-refractivity contribution is -0.384. The molecule has 0 spiro atoms. The zero-order valence-electron chi connectivity index (χ0n) is 13.9. The summed E-state index contributed by atoms with van der Waals surface area (Å²) in [5, 5.41) is 15.3. The fraction of sp³-hybridized carbons (Fsp3) is 0.176. The molecule has 0 heterocycles. The number of non-ortho nitro benzene ring substituents is 1. The van der Waals surface area contributed by atoms with Gasteiger partial charge in [0.2, 0.25) is 0 Å². The SMILES string of the molecule is COc1ccc(OCCNC(=O)C(=O)Nc2ccc([N+](=O)[O-])cc2)cc1. The van der Waals surface area contributed by atoms with Crippen LogP contribution in [0.5, 0.6) is 11.5 Å². The molecular formula is C17H17N3O6. The van der Waals surface area contributed by atoms with Gasteiger partial charge >= 0.3 is 11.8 Å². The molecule has 2 aromatic rings. The topological polar surface area (TPSA) is 120 Å². The average Bonchev–Trinajstić information content (AvgIpc) is 2.66. The molecule has 0 unspecified atom stereocenters. The van der Waals surface area contributed by atoms with E-state index in [2.05, 4.69) is 10.6 Å². The first-order valence-electron chi connectivity index (χ1n) is 7.60. The molecule has 0 aliphatic heterocycles. The first-order valence-corrected chi connectivity index (χ1v) is 7.60. The highest BCUT2D eigenvalue weighted by molar-refractivity contribution is 6.39. The van der Waals surface area contributed by atoms with Gasteiger partial charge in [0.25, 0.3) is 5.69 Å². The zero-order chi connectivity index (χ0) is 18.9. The number of carbonyl (C=O) groups is 2. The molecule has 26 heavy (non-hydrogen) atoms. The van der Waals surface area contributed by atoms with Crippen LogP contribution in [0.2, 0.25) is 0 Å². The molecule has 2 rings (SSSR count). The summed E-state index contributed by atoms with van der Waals surface area (Å²) in [6.45, 7) is 0.321. The quantitative estimate of drug-likeness (QED) is 0.336. The second kappa shape index (κ2) is 9.02. The van der Waals surface area contributed by atoms with Gasteiger partial charge in [0.15, 0.2) is 0 Å². The van der Waals surface area contributed by atoms with Crippen LogP contribution in [0.3, 0.4) is 0 Å². The number of ether oxygens (including phenoxy) is 2. The summed E-state index contributed by atoms with van der Waals surface area (Å²) >= 11 is 0. The third-order valence-electron chi connectivity index (χ3n) is 3.26. The van der Waals surface area contributed by atoms with Crippen molar-refractivity contribution in [3.8, 4) is 11.5 Å². The lowest BCUT2D eigenvalue weighted by Crippen LogP contribution is -2.37. The van der Waals surface area contributed by atoms with Crippen molar-refractivity contribution in [1.29, 1.82) is 0 Å². The Bertz CT molecular complexity index is 774. The maximum absolute atomic E-state index is 11.8. The van der Waals surface area contributed by atoms with E-state index < -0.39 is 16.7 Å². The van der Waals surface area contributed by atoms with Gasteiger partial charge in [-0.3, -0.25) is 19.7 Å². The fourth-order valence-electron chi connectivity index (χ4n) is 1.94. The smallest absolute Gasteiger partial charge is 0.313 e. The van der Waals surface area contributed by atoms with E-state index in [0.29, 0.717) is 11.5 Å². The number of carbonyl (C=O) groups excluding carboxylic acids is 2. The van der Waals surface area contributed by atoms with Crippen LogP contribution in [0.4, 0.5) is 11.4 Å². The van der Waals surface area contributed by atoms with E-state index in [1.54, 1.807) is 31.4 Å². The van der Waals surface area contributed by atoms with Crippen LogP contribution in [0.1, 0.15) is 0 Å². The van der Waals surface area contributed by atoms with Crippen molar-refractivity contribution in [2.45, 2.75) is 0 Å². The van der Waals surface area contributed by atoms with Crippen LogP contribution >= 0.6 is 0 Å². The zero-order valence-corrected chi connectivity index (χ0v) is 13.9. The van der Waals surface area contributed by atoms with Crippen molar-refractivity contribution in [1.82, 2.24) is 5.32 Å². The highest BCUT2D eigenvalue weighted by Crippen LogP contribution is 2.17. The third kappa shape index (κ3) is 5.48. The summed E-state index contributed by atoms with van der Waals surface area (Å²) in [4.78, 5) is 33.5. The van der Waals surface area contributed by atoms with Crippen molar-refractivity contribution in [3.05, 3.63) is 58.6 Å². The average molecular weight is 359 g/mol. The number of rotatable bonds is 7. The van der Waals surface area contributed by atoms with Gasteiger partial charge in [0.05, 0.1) is 18.6 Å². The van der Waals surface area contributed by atoms with Crippen molar-refractivity contribution in [3.63, 3.8) is 0 Å². The van der Waals surface area contributed by atoms with Crippen LogP contribution in [0.25, 0.3) is 0 Å². The van der Waals surface area contributed by atoms with Gasteiger partial charge < -0.3 is 20.1 Å². The second-order valence-corrected chi connectivity index (χ2v) is 5.04. The number of amides is 2. The lowest BCUT2D eigenvalue weighted by Gasteiger charge is -2.08. The minimum Gasteiger partial charge on any atom is -0.497 e. The Morgan fingerprint density at radius 1 is 1.00 bits per heavy atom. The van der Waals surface area contributed by atoms with E-state index in [1.165, 1.54) is 24.3 Å². The van der Waals surface area contributed by atoms with Crippen LogP contribution in [-0.2, 0) is 9.59 Å². The molecule has 0 aliphatic rings. The monoisotopic (exact) mass is 359 g/mol. The number of nitro groups is 1. The molecule has 9 nitrogen and oxygen atoms in total. The van der Waals surface area contributed by atoms with Gasteiger partial charge in [-0.05, 0) is 36.4 Å². The standard InChI is InChI=1S/C17H17N3O6/c1-25-14-6-8-15(9-7-14)26-11-10-18-16(21)17(22)19-12-2-4-13(5-3-12)20(23)24/h2-9H,10-11H2,1H3,(H,18,21)(H,19,22). The Hall–Kier alpha value is -3.62. The van der Waals surface area contributed by atoms with E-state index in [4.69, 9.17) is 9.47 Å². The molecule has 0 aliphatic carbocycles. The molecule has 0 aromatic heterocycles. The summed E-state index contributed by atoms with van der Waals surface area (Å²) in [5.74, 6) is -0.395. The lowest BCUT2D eigenvalue weighted by atomic mass is 10.3. The second-order valence-electron chi connectivity index (χ2n) is 5.04. The number of methoxy groups -OCH3 is 1. The minimum atomic E-state index is -0.872. The number of anilines is 1. The van der Waals surface area contributed by atoms with Gasteiger partial charge in [-0.1, -0.05) is 0 Å². The first kappa shape index (κ1) is 18.7. The molecule has 0 fully saturated rings. The van der Waals surface area contributed by atoms with E-state index in [9.17, 15) is 19.7 Å². The molecule has 0 saturated heterocycles. The first-order chi connectivity index (χ1) is 12.5. The van der Waals surface area contributed by atoms with Gasteiger partial charge in [0, 0.05) is 17.8 Å². The van der Waals surface area contributed by atoms with Crippen LogP contribution < -0.4 is 20.1 Å². The predicted octanol–water partition coefficient (Wildman–Crippen LogP) is 1.74. The summed E-state index contributed by atoms with van der Waals surface area (Å²) in [5.41, 5.74) is 0.174. The van der Waals surface area contributed by atoms with E-state index in [-0.39, 0.29) is 24.5 Å². The third-order valence-corrected chi connectivity index (χ3v) is 3.26. The molecular weight excluding hydrogens is 342 g/mol. The Balaban J connectivity index is 1.72.